The fourth-order valence-corrected chi connectivity index (χ4v) is 5.13. The van der Waals surface area contributed by atoms with Crippen LogP contribution in [0, 0.1) is 16.7 Å². The molecule has 2 aromatic rings. The molecule has 2 aliphatic rings. The topological polar surface area (TPSA) is 49.9 Å². The largest absolute Gasteiger partial charge is 0.600 e. The summed E-state index contributed by atoms with van der Waals surface area (Å²) in [6.45, 7) is 2.38. The lowest BCUT2D eigenvalue weighted by molar-refractivity contribution is -0.592. The smallest absolute Gasteiger partial charge is 0.189 e. The molecule has 148 valence electrons. The Morgan fingerprint density at radius 2 is 1.07 bits per heavy atom. The first-order valence-corrected chi connectivity index (χ1v) is 11.0. The summed E-state index contributed by atoms with van der Waals surface area (Å²) < 4.78 is 0. The summed E-state index contributed by atoms with van der Waals surface area (Å²) in [5, 5.41) is 11.2. The molecule has 3 heteroatoms. The second-order valence-corrected chi connectivity index (χ2v) is 9.03. The summed E-state index contributed by atoms with van der Waals surface area (Å²) in [6, 6.07) is 18.1. The predicted molar refractivity (Wildman–Crippen MR) is 114 cm³/mol. The van der Waals surface area contributed by atoms with Crippen LogP contribution in [0.25, 0.3) is 11.1 Å². The molecule has 4 rings (SSSR count). The van der Waals surface area contributed by atoms with Crippen LogP contribution in [0.15, 0.2) is 48.5 Å². The van der Waals surface area contributed by atoms with E-state index in [2.05, 4.69) is 55.5 Å². The molecule has 0 saturated heterocycles. The number of hydroxylamine groups is 1. The lowest BCUT2D eigenvalue weighted by atomic mass is 9.79. The molecule has 28 heavy (non-hydrogen) atoms. The van der Waals surface area contributed by atoms with E-state index < -0.39 is 0 Å². The van der Waals surface area contributed by atoms with Crippen molar-refractivity contribution in [3.05, 3.63) is 64.9 Å². The van der Waals surface area contributed by atoms with Crippen LogP contribution in [0.1, 0.15) is 81.3 Å². The monoisotopic (exact) mass is 376 g/mol. The third-order valence-electron chi connectivity index (χ3n) is 7.14. The Balaban J connectivity index is 1.39. The van der Waals surface area contributed by atoms with Crippen molar-refractivity contribution >= 4 is 0 Å². The van der Waals surface area contributed by atoms with Crippen LogP contribution in [0.3, 0.4) is 0 Å². The molecular weight excluding hydrogens is 344 g/mol. The first-order valence-electron chi connectivity index (χ1n) is 11.0. The van der Waals surface area contributed by atoms with Gasteiger partial charge in [-0.2, -0.15) is 0 Å². The van der Waals surface area contributed by atoms with Gasteiger partial charge in [-0.05, 0) is 71.2 Å². The van der Waals surface area contributed by atoms with Crippen molar-refractivity contribution in [3.63, 3.8) is 0 Å². The summed E-state index contributed by atoms with van der Waals surface area (Å²) in [6.07, 6.45) is 9.09. The molecule has 0 heterocycles. The summed E-state index contributed by atoms with van der Waals surface area (Å²) >= 11 is 0. The SMILES string of the molecule is CC1CCC(c2ccc(-c3ccc(C4CCC([N+](=N)[O-])CC4)cc3)cc2)CC1. The van der Waals surface area contributed by atoms with E-state index in [0.29, 0.717) is 10.8 Å². The number of benzene rings is 2. The molecule has 0 aromatic heterocycles. The van der Waals surface area contributed by atoms with Gasteiger partial charge in [0.2, 0.25) is 0 Å². The lowest BCUT2D eigenvalue weighted by Crippen LogP contribution is -2.25. The second-order valence-electron chi connectivity index (χ2n) is 9.03. The van der Waals surface area contributed by atoms with E-state index in [9.17, 15) is 5.21 Å². The number of nitrogens with zero attached hydrogens (tertiary/aromatic N) is 1. The Morgan fingerprint density at radius 1 is 0.679 bits per heavy atom. The zero-order chi connectivity index (χ0) is 19.5. The standard InChI is InChI=1S/C25H32N2O/c1-18-2-4-19(5-3-18)20-6-8-21(9-7-20)22-10-12-23(13-11-22)24-14-16-25(17-15-24)27(26)28/h6-13,18-19,24-26H,2-5,14-17H2,1H3. The van der Waals surface area contributed by atoms with Gasteiger partial charge in [-0.3, -0.25) is 0 Å². The van der Waals surface area contributed by atoms with Crippen LogP contribution >= 0.6 is 0 Å². The lowest BCUT2D eigenvalue weighted by Gasteiger charge is -2.26. The van der Waals surface area contributed by atoms with Crippen molar-refractivity contribution in [2.75, 3.05) is 0 Å². The van der Waals surface area contributed by atoms with Crippen molar-refractivity contribution in [1.29, 1.82) is 5.53 Å². The molecule has 0 atom stereocenters. The fraction of sp³-hybridized carbons (Fsp3) is 0.520. The second kappa shape index (κ2) is 8.46. The van der Waals surface area contributed by atoms with E-state index in [1.807, 2.05) is 0 Å². The van der Waals surface area contributed by atoms with Gasteiger partial charge >= 0.3 is 0 Å². The molecule has 2 aliphatic carbocycles. The molecule has 2 fully saturated rings. The molecule has 2 aromatic carbocycles. The molecule has 0 bridgehead atoms. The van der Waals surface area contributed by atoms with Crippen molar-refractivity contribution in [2.45, 2.75) is 76.2 Å². The highest BCUT2D eigenvalue weighted by Crippen LogP contribution is 2.37. The minimum atomic E-state index is -0.110. The van der Waals surface area contributed by atoms with Gasteiger partial charge in [0.15, 0.2) is 6.04 Å². The van der Waals surface area contributed by atoms with Crippen LogP contribution in [0.2, 0.25) is 0 Å². The summed E-state index contributed by atoms with van der Waals surface area (Å²) in [7, 11) is 0. The number of hydrogen-bond donors (Lipinski definition) is 1. The number of hydrogen-bond acceptors (Lipinski definition) is 2. The van der Waals surface area contributed by atoms with Gasteiger partial charge in [0.05, 0.1) is 0 Å². The van der Waals surface area contributed by atoms with E-state index in [4.69, 9.17) is 5.53 Å². The van der Waals surface area contributed by atoms with E-state index in [-0.39, 0.29) is 6.04 Å². The quantitative estimate of drug-likeness (QED) is 0.342. The average Bonchev–Trinajstić information content (AvgIpc) is 2.75. The predicted octanol–water partition coefficient (Wildman–Crippen LogP) is 7.21. The van der Waals surface area contributed by atoms with Gasteiger partial charge in [-0.15, -0.1) is 0 Å². The zero-order valence-corrected chi connectivity index (χ0v) is 16.9. The van der Waals surface area contributed by atoms with E-state index >= 15 is 0 Å². The summed E-state index contributed by atoms with van der Waals surface area (Å²) in [4.78, 5) is 0.400. The Hall–Kier alpha value is -2.16. The zero-order valence-electron chi connectivity index (χ0n) is 16.9. The van der Waals surface area contributed by atoms with Crippen molar-refractivity contribution < 1.29 is 4.86 Å². The van der Waals surface area contributed by atoms with Crippen LogP contribution in [-0.2, 0) is 0 Å². The molecule has 0 spiro atoms. The highest BCUT2D eigenvalue weighted by molar-refractivity contribution is 5.64. The molecule has 3 nitrogen and oxygen atoms in total. The van der Waals surface area contributed by atoms with Crippen LogP contribution in [0.5, 0.6) is 0 Å². The number of rotatable bonds is 4. The minimum Gasteiger partial charge on any atom is -0.600 e. The van der Waals surface area contributed by atoms with Gasteiger partial charge in [0.1, 0.15) is 0 Å². The Morgan fingerprint density at radius 3 is 1.46 bits per heavy atom. The average molecular weight is 377 g/mol. The van der Waals surface area contributed by atoms with Crippen molar-refractivity contribution in [1.82, 2.24) is 0 Å². The third-order valence-corrected chi connectivity index (χ3v) is 7.14. The first kappa shape index (κ1) is 19.2. The van der Waals surface area contributed by atoms with Gasteiger partial charge < -0.3 is 5.21 Å². The van der Waals surface area contributed by atoms with E-state index in [1.54, 1.807) is 0 Å². The van der Waals surface area contributed by atoms with Gasteiger partial charge in [0, 0.05) is 12.8 Å². The van der Waals surface area contributed by atoms with E-state index in [0.717, 1.165) is 37.5 Å². The highest BCUT2D eigenvalue weighted by Gasteiger charge is 2.27. The molecule has 0 amide bonds. The highest BCUT2D eigenvalue weighted by atomic mass is 16.5. The number of nitrogens with one attached hydrogen (secondary N) is 1. The van der Waals surface area contributed by atoms with Crippen LogP contribution in [-0.4, -0.2) is 10.9 Å². The third kappa shape index (κ3) is 4.29. The Labute approximate surface area is 168 Å². The Kier molecular flexibility index (Phi) is 5.79. The van der Waals surface area contributed by atoms with Crippen LogP contribution in [0.4, 0.5) is 0 Å². The Bertz CT molecular complexity index is 780. The van der Waals surface area contributed by atoms with Crippen molar-refractivity contribution in [3.8, 4) is 11.1 Å². The molecule has 0 aliphatic heterocycles. The molecule has 1 N–H and O–H groups in total. The normalized spacial score (nSPS) is 28.0. The summed E-state index contributed by atoms with van der Waals surface area (Å²) in [5.74, 6) is 2.17. The van der Waals surface area contributed by atoms with Gasteiger partial charge in [-0.1, -0.05) is 73.2 Å². The fourth-order valence-electron chi connectivity index (χ4n) is 5.13. The molecule has 0 radical (unpaired) electrons. The summed E-state index contributed by atoms with van der Waals surface area (Å²) in [5.41, 5.74) is 12.7. The van der Waals surface area contributed by atoms with E-state index in [1.165, 1.54) is 47.9 Å². The molecule has 0 unspecified atom stereocenters. The first-order chi connectivity index (χ1) is 13.6. The minimum absolute atomic E-state index is 0.110. The van der Waals surface area contributed by atoms with Gasteiger partial charge in [0.25, 0.3) is 0 Å². The van der Waals surface area contributed by atoms with Crippen molar-refractivity contribution in [2.24, 2.45) is 5.92 Å². The molecule has 2 saturated carbocycles. The maximum absolute atomic E-state index is 11.2. The van der Waals surface area contributed by atoms with Crippen LogP contribution < -0.4 is 0 Å². The maximum Gasteiger partial charge on any atom is 0.189 e. The maximum atomic E-state index is 11.2. The molecular formula is C25H32N2O. The van der Waals surface area contributed by atoms with Gasteiger partial charge in [-0.25, -0.2) is 0 Å².